The van der Waals surface area contributed by atoms with Gasteiger partial charge in [0.15, 0.2) is 5.70 Å². The van der Waals surface area contributed by atoms with E-state index >= 15 is 0 Å². The van der Waals surface area contributed by atoms with Crippen LogP contribution in [0.1, 0.15) is 24.5 Å². The van der Waals surface area contributed by atoms with Crippen molar-refractivity contribution in [2.24, 2.45) is 4.99 Å². The van der Waals surface area contributed by atoms with Crippen LogP contribution in [0.15, 0.2) is 77.4 Å². The lowest BCUT2D eigenvalue weighted by Gasteiger charge is -2.04. The number of cyclic esters (lactones) is 1. The highest BCUT2D eigenvalue weighted by Crippen LogP contribution is 2.25. The summed E-state index contributed by atoms with van der Waals surface area (Å²) >= 11 is 0. The molecule has 0 saturated carbocycles. The van der Waals surface area contributed by atoms with Gasteiger partial charge >= 0.3 is 5.97 Å². The van der Waals surface area contributed by atoms with Gasteiger partial charge < -0.3 is 9.47 Å². The van der Waals surface area contributed by atoms with E-state index in [9.17, 15) is 4.79 Å². The molecular formula is C23H19NO3. The summed E-state index contributed by atoms with van der Waals surface area (Å²) in [5, 5.41) is 2.08. The van der Waals surface area contributed by atoms with Gasteiger partial charge in [0.1, 0.15) is 5.75 Å². The second-order valence-corrected chi connectivity index (χ2v) is 6.28. The second kappa shape index (κ2) is 7.46. The number of benzene rings is 3. The molecule has 0 fully saturated rings. The van der Waals surface area contributed by atoms with Gasteiger partial charge in [0, 0.05) is 5.56 Å². The molecule has 0 amide bonds. The fraction of sp³-hybridized carbons (Fsp3) is 0.130. The zero-order valence-corrected chi connectivity index (χ0v) is 15.0. The summed E-state index contributed by atoms with van der Waals surface area (Å²) in [6.45, 7) is 2.75. The van der Waals surface area contributed by atoms with Crippen LogP contribution in [0.4, 0.5) is 0 Å². The van der Waals surface area contributed by atoms with Gasteiger partial charge in [-0.05, 0) is 47.0 Å². The number of hydrogen-bond donors (Lipinski definition) is 0. The fourth-order valence-electron chi connectivity index (χ4n) is 2.97. The molecular weight excluding hydrogens is 338 g/mol. The molecule has 27 heavy (non-hydrogen) atoms. The Labute approximate surface area is 157 Å². The molecule has 134 valence electrons. The smallest absolute Gasteiger partial charge is 0.363 e. The quantitative estimate of drug-likeness (QED) is 0.478. The molecule has 0 spiro atoms. The zero-order valence-electron chi connectivity index (χ0n) is 15.0. The Bertz CT molecular complexity index is 1040. The van der Waals surface area contributed by atoms with E-state index in [0.29, 0.717) is 18.2 Å². The minimum Gasteiger partial charge on any atom is -0.494 e. The summed E-state index contributed by atoms with van der Waals surface area (Å²) in [5.74, 6) is 0.711. The van der Waals surface area contributed by atoms with Crippen LogP contribution in [0.5, 0.6) is 5.75 Å². The third-order valence-electron chi connectivity index (χ3n) is 4.30. The van der Waals surface area contributed by atoms with Crippen LogP contribution in [-0.4, -0.2) is 18.5 Å². The number of nitrogens with zero attached hydrogens (tertiary/aromatic N) is 1. The van der Waals surface area contributed by atoms with Crippen molar-refractivity contribution in [3.05, 3.63) is 83.6 Å². The highest BCUT2D eigenvalue weighted by atomic mass is 16.6. The molecule has 1 aliphatic heterocycles. The number of ether oxygens (including phenoxy) is 2. The van der Waals surface area contributed by atoms with Crippen LogP contribution < -0.4 is 4.74 Å². The summed E-state index contributed by atoms with van der Waals surface area (Å²) in [6.07, 6.45) is 2.69. The van der Waals surface area contributed by atoms with Crippen LogP contribution in [0.25, 0.3) is 16.8 Å². The SMILES string of the molecule is CCCOc1ccc(C=C2N=C(c3cccc4ccccc34)OC2=O)cc1. The molecule has 0 aliphatic carbocycles. The molecule has 4 heteroatoms. The van der Waals surface area contributed by atoms with Gasteiger partial charge in [-0.2, -0.15) is 0 Å². The molecule has 1 aliphatic rings. The van der Waals surface area contributed by atoms with E-state index < -0.39 is 5.97 Å². The van der Waals surface area contributed by atoms with Crippen molar-refractivity contribution in [1.82, 2.24) is 0 Å². The van der Waals surface area contributed by atoms with Crippen LogP contribution in [0.2, 0.25) is 0 Å². The van der Waals surface area contributed by atoms with Gasteiger partial charge in [-0.1, -0.05) is 55.5 Å². The van der Waals surface area contributed by atoms with Gasteiger partial charge in [0.25, 0.3) is 0 Å². The first-order valence-electron chi connectivity index (χ1n) is 8.98. The van der Waals surface area contributed by atoms with E-state index in [0.717, 1.165) is 34.1 Å². The van der Waals surface area contributed by atoms with Crippen LogP contribution >= 0.6 is 0 Å². The Balaban J connectivity index is 1.63. The van der Waals surface area contributed by atoms with Crippen molar-refractivity contribution in [3.63, 3.8) is 0 Å². The number of esters is 1. The third-order valence-corrected chi connectivity index (χ3v) is 4.30. The van der Waals surface area contributed by atoms with Gasteiger partial charge in [-0.3, -0.25) is 0 Å². The largest absolute Gasteiger partial charge is 0.494 e. The zero-order chi connectivity index (χ0) is 18.6. The first kappa shape index (κ1) is 17.0. The summed E-state index contributed by atoms with van der Waals surface area (Å²) in [4.78, 5) is 16.7. The minimum absolute atomic E-state index is 0.292. The van der Waals surface area contributed by atoms with E-state index in [1.165, 1.54) is 0 Å². The highest BCUT2D eigenvalue weighted by Gasteiger charge is 2.25. The first-order chi connectivity index (χ1) is 13.2. The van der Waals surface area contributed by atoms with E-state index in [2.05, 4.69) is 11.9 Å². The van der Waals surface area contributed by atoms with Crippen molar-refractivity contribution < 1.29 is 14.3 Å². The number of fused-ring (bicyclic) bond motifs is 1. The third kappa shape index (κ3) is 3.60. The van der Waals surface area contributed by atoms with Crippen molar-refractivity contribution in [1.29, 1.82) is 0 Å². The normalized spacial score (nSPS) is 15.1. The van der Waals surface area contributed by atoms with Gasteiger partial charge in [-0.15, -0.1) is 0 Å². The average molecular weight is 357 g/mol. The van der Waals surface area contributed by atoms with Gasteiger partial charge in [0.2, 0.25) is 5.90 Å². The highest BCUT2D eigenvalue weighted by molar-refractivity contribution is 6.17. The van der Waals surface area contributed by atoms with E-state index in [1.54, 1.807) is 6.08 Å². The maximum Gasteiger partial charge on any atom is 0.363 e. The summed E-state index contributed by atoms with van der Waals surface area (Å²) in [5.41, 5.74) is 1.97. The van der Waals surface area contributed by atoms with E-state index in [1.807, 2.05) is 66.7 Å². The molecule has 0 saturated heterocycles. The van der Waals surface area contributed by atoms with Gasteiger partial charge in [-0.25, -0.2) is 9.79 Å². The number of aliphatic imine (C=N–C) groups is 1. The monoisotopic (exact) mass is 357 g/mol. The minimum atomic E-state index is -0.441. The Kier molecular flexibility index (Phi) is 4.71. The summed E-state index contributed by atoms with van der Waals surface area (Å²) in [6, 6.07) is 21.4. The Morgan fingerprint density at radius 1 is 1.00 bits per heavy atom. The molecule has 0 atom stereocenters. The second-order valence-electron chi connectivity index (χ2n) is 6.28. The topological polar surface area (TPSA) is 47.9 Å². The maximum absolute atomic E-state index is 12.3. The van der Waals surface area contributed by atoms with Crippen molar-refractivity contribution in [2.45, 2.75) is 13.3 Å². The lowest BCUT2D eigenvalue weighted by Crippen LogP contribution is -2.05. The van der Waals surface area contributed by atoms with Crippen molar-refractivity contribution >= 4 is 28.7 Å². The number of rotatable bonds is 5. The number of hydrogen-bond acceptors (Lipinski definition) is 4. The predicted octanol–water partition coefficient (Wildman–Crippen LogP) is 4.97. The fourth-order valence-corrected chi connectivity index (χ4v) is 2.97. The van der Waals surface area contributed by atoms with Crippen molar-refractivity contribution in [2.75, 3.05) is 6.61 Å². The van der Waals surface area contributed by atoms with Crippen LogP contribution in [-0.2, 0) is 9.53 Å². The molecule has 1 heterocycles. The molecule has 0 aromatic heterocycles. The predicted molar refractivity (Wildman–Crippen MR) is 107 cm³/mol. The number of carbonyl (C=O) groups is 1. The molecule has 0 radical (unpaired) electrons. The Morgan fingerprint density at radius 2 is 1.78 bits per heavy atom. The van der Waals surface area contributed by atoms with Crippen molar-refractivity contribution in [3.8, 4) is 5.75 Å². The molecule has 4 nitrogen and oxygen atoms in total. The molecule has 0 unspecified atom stereocenters. The molecule has 0 N–H and O–H groups in total. The van der Waals surface area contributed by atoms with Crippen LogP contribution in [0, 0.1) is 0 Å². The summed E-state index contributed by atoms with van der Waals surface area (Å²) in [7, 11) is 0. The Hall–Kier alpha value is -3.40. The molecule has 4 rings (SSSR count). The molecule has 0 bridgehead atoms. The maximum atomic E-state index is 12.3. The lowest BCUT2D eigenvalue weighted by atomic mass is 10.0. The molecule has 3 aromatic rings. The summed E-state index contributed by atoms with van der Waals surface area (Å²) < 4.78 is 11.0. The Morgan fingerprint density at radius 3 is 2.59 bits per heavy atom. The van der Waals surface area contributed by atoms with Gasteiger partial charge in [0.05, 0.1) is 6.61 Å². The standard InChI is InChI=1S/C23H19NO3/c1-2-14-26-18-12-10-16(11-13-18)15-21-23(25)27-22(24-21)20-9-5-7-17-6-3-4-8-19(17)20/h3-13,15H,2,14H2,1H3. The van der Waals surface area contributed by atoms with Crippen LogP contribution in [0.3, 0.4) is 0 Å². The average Bonchev–Trinajstić information content (AvgIpc) is 3.07. The van der Waals surface area contributed by atoms with E-state index in [-0.39, 0.29) is 0 Å². The first-order valence-corrected chi connectivity index (χ1v) is 8.98. The number of carbonyl (C=O) groups excluding carboxylic acids is 1. The van der Waals surface area contributed by atoms with E-state index in [4.69, 9.17) is 9.47 Å². The lowest BCUT2D eigenvalue weighted by molar-refractivity contribution is -0.129. The molecule has 3 aromatic carbocycles.